The molecule has 2 heterocycles. The smallest absolute Gasteiger partial charge is 0.175 e. The van der Waals surface area contributed by atoms with Crippen molar-refractivity contribution in [2.24, 2.45) is 0 Å². The minimum atomic E-state index is -3.30. The number of para-hydroxylation sites is 1. The number of rotatable bonds is 3. The van der Waals surface area contributed by atoms with Gasteiger partial charge in [-0.3, -0.25) is 0 Å². The summed E-state index contributed by atoms with van der Waals surface area (Å²) in [5, 5.41) is 4.26. The number of hydrogen-bond donors (Lipinski definition) is 1. The van der Waals surface area contributed by atoms with Crippen molar-refractivity contribution in [2.75, 3.05) is 30.1 Å². The first kappa shape index (κ1) is 17.7. The Labute approximate surface area is 159 Å². The molecule has 0 amide bonds. The lowest BCUT2D eigenvalue weighted by molar-refractivity contribution is 0.602. The summed E-state index contributed by atoms with van der Waals surface area (Å²) in [5.41, 5.74) is 3.16. The fourth-order valence-corrected chi connectivity index (χ4v) is 4.28. The molecule has 140 valence electrons. The number of aromatic nitrogens is 2. The van der Waals surface area contributed by atoms with Gasteiger partial charge in [-0.15, -0.1) is 0 Å². The third kappa shape index (κ3) is 3.47. The molecule has 0 saturated heterocycles. The van der Waals surface area contributed by atoms with Gasteiger partial charge in [-0.2, -0.15) is 0 Å². The molecule has 1 unspecified atom stereocenters. The number of fused-ring (bicyclic) bond motifs is 2. The summed E-state index contributed by atoms with van der Waals surface area (Å²) in [7, 11) is -1.19. The van der Waals surface area contributed by atoms with E-state index in [9.17, 15) is 8.42 Å². The number of sulfone groups is 1. The second-order valence-corrected chi connectivity index (χ2v) is 9.01. The van der Waals surface area contributed by atoms with E-state index in [1.807, 2.05) is 6.07 Å². The maximum absolute atomic E-state index is 12.0. The molecule has 1 atom stereocenters. The van der Waals surface area contributed by atoms with Gasteiger partial charge < -0.3 is 10.2 Å². The largest absolute Gasteiger partial charge is 0.374 e. The van der Waals surface area contributed by atoms with E-state index in [4.69, 9.17) is 0 Å². The minimum Gasteiger partial charge on any atom is -0.374 e. The summed E-state index contributed by atoms with van der Waals surface area (Å²) in [6.07, 6.45) is 4.75. The topological polar surface area (TPSA) is 75.2 Å². The fourth-order valence-electron chi connectivity index (χ4n) is 3.63. The van der Waals surface area contributed by atoms with Crippen LogP contribution in [0.15, 0.2) is 53.7 Å². The highest BCUT2D eigenvalue weighted by Gasteiger charge is 2.22. The lowest BCUT2D eigenvalue weighted by Crippen LogP contribution is -2.17. The number of nitrogens with zero attached hydrogens (tertiary/aromatic N) is 3. The van der Waals surface area contributed by atoms with E-state index in [0.29, 0.717) is 5.82 Å². The van der Waals surface area contributed by atoms with E-state index in [-0.39, 0.29) is 10.9 Å². The van der Waals surface area contributed by atoms with Crippen molar-refractivity contribution in [3.63, 3.8) is 0 Å². The molecule has 0 radical (unpaired) electrons. The molecule has 0 spiro atoms. The standard InChI is InChI=1S/C20H22N4O2S/c1-24-11-5-7-18(15-6-3-4-8-19(15)24)23-20-16-12-14(27(2,25)26)9-10-17(16)21-13-22-20/h3-4,6,8-10,12-13,18H,5,7,11H2,1-2H3,(H,21,22,23). The predicted octanol–water partition coefficient (Wildman–Crippen LogP) is 3.42. The van der Waals surface area contributed by atoms with Gasteiger partial charge in [-0.05, 0) is 42.7 Å². The summed E-state index contributed by atoms with van der Waals surface area (Å²) in [5.74, 6) is 0.662. The molecule has 27 heavy (non-hydrogen) atoms. The molecule has 0 fully saturated rings. The van der Waals surface area contributed by atoms with Crippen LogP contribution < -0.4 is 10.2 Å². The first-order valence-corrected chi connectivity index (χ1v) is 10.8. The van der Waals surface area contributed by atoms with E-state index < -0.39 is 9.84 Å². The SMILES string of the molecule is CN1CCCC(Nc2ncnc3ccc(S(C)(=O)=O)cc23)c2ccccc21. The Hall–Kier alpha value is -2.67. The molecule has 4 rings (SSSR count). The molecule has 1 aliphatic rings. The van der Waals surface area contributed by atoms with Crippen LogP contribution in [0.2, 0.25) is 0 Å². The van der Waals surface area contributed by atoms with Gasteiger partial charge in [-0.1, -0.05) is 18.2 Å². The lowest BCUT2D eigenvalue weighted by Gasteiger charge is -2.23. The summed E-state index contributed by atoms with van der Waals surface area (Å²) < 4.78 is 23.9. The van der Waals surface area contributed by atoms with Crippen molar-refractivity contribution in [3.05, 3.63) is 54.4 Å². The fraction of sp³-hybridized carbons (Fsp3) is 0.300. The summed E-state index contributed by atoms with van der Waals surface area (Å²) in [4.78, 5) is 11.2. The van der Waals surface area contributed by atoms with Crippen LogP contribution in [0.3, 0.4) is 0 Å². The molecule has 7 heteroatoms. The van der Waals surface area contributed by atoms with Gasteiger partial charge in [0.05, 0.1) is 16.5 Å². The monoisotopic (exact) mass is 382 g/mol. The molecule has 1 aliphatic heterocycles. The van der Waals surface area contributed by atoms with Gasteiger partial charge in [0.15, 0.2) is 9.84 Å². The summed E-state index contributed by atoms with van der Waals surface area (Å²) in [6, 6.07) is 13.4. The van der Waals surface area contributed by atoms with Crippen LogP contribution in [0.25, 0.3) is 10.9 Å². The van der Waals surface area contributed by atoms with E-state index in [1.165, 1.54) is 23.8 Å². The predicted molar refractivity (Wildman–Crippen MR) is 108 cm³/mol. The first-order valence-electron chi connectivity index (χ1n) is 8.95. The van der Waals surface area contributed by atoms with Crippen molar-refractivity contribution in [2.45, 2.75) is 23.8 Å². The van der Waals surface area contributed by atoms with E-state index in [1.54, 1.807) is 18.2 Å². The normalized spacial score (nSPS) is 17.4. The highest BCUT2D eigenvalue weighted by Crippen LogP contribution is 2.35. The number of hydrogen-bond acceptors (Lipinski definition) is 6. The van der Waals surface area contributed by atoms with Crippen molar-refractivity contribution < 1.29 is 8.42 Å². The van der Waals surface area contributed by atoms with Gasteiger partial charge in [0.25, 0.3) is 0 Å². The van der Waals surface area contributed by atoms with Crippen molar-refractivity contribution in [3.8, 4) is 0 Å². The van der Waals surface area contributed by atoms with E-state index >= 15 is 0 Å². The maximum atomic E-state index is 12.0. The molecular formula is C20H22N4O2S. The quantitative estimate of drug-likeness (QED) is 0.748. The van der Waals surface area contributed by atoms with Gasteiger partial charge in [0.1, 0.15) is 12.1 Å². The van der Waals surface area contributed by atoms with Gasteiger partial charge >= 0.3 is 0 Å². The summed E-state index contributed by atoms with van der Waals surface area (Å²) >= 11 is 0. The zero-order valence-corrected chi connectivity index (χ0v) is 16.2. The Kier molecular flexibility index (Phi) is 4.47. The molecule has 0 saturated carbocycles. The Morgan fingerprint density at radius 2 is 1.96 bits per heavy atom. The lowest BCUT2D eigenvalue weighted by atomic mass is 10.0. The van der Waals surface area contributed by atoms with Crippen LogP contribution in [0.5, 0.6) is 0 Å². The van der Waals surface area contributed by atoms with Crippen molar-refractivity contribution >= 4 is 32.2 Å². The zero-order valence-electron chi connectivity index (χ0n) is 15.4. The van der Waals surface area contributed by atoms with Crippen LogP contribution in [0.1, 0.15) is 24.4 Å². The molecule has 0 aliphatic carbocycles. The molecule has 0 bridgehead atoms. The van der Waals surface area contributed by atoms with Crippen molar-refractivity contribution in [1.29, 1.82) is 0 Å². The van der Waals surface area contributed by atoms with Crippen molar-refractivity contribution in [1.82, 2.24) is 9.97 Å². The Bertz CT molecular complexity index is 1100. The van der Waals surface area contributed by atoms with E-state index in [0.717, 1.165) is 30.3 Å². The van der Waals surface area contributed by atoms with Crippen LogP contribution in [0, 0.1) is 0 Å². The van der Waals surface area contributed by atoms with Crippen LogP contribution in [-0.2, 0) is 9.84 Å². The van der Waals surface area contributed by atoms with Crippen LogP contribution >= 0.6 is 0 Å². The second-order valence-electron chi connectivity index (χ2n) is 6.99. The zero-order chi connectivity index (χ0) is 19.0. The minimum absolute atomic E-state index is 0.103. The Balaban J connectivity index is 1.78. The molecule has 1 aromatic heterocycles. The highest BCUT2D eigenvalue weighted by atomic mass is 32.2. The van der Waals surface area contributed by atoms with Gasteiger partial charge in [-0.25, -0.2) is 18.4 Å². The number of benzene rings is 2. The van der Waals surface area contributed by atoms with Gasteiger partial charge in [0.2, 0.25) is 0 Å². The van der Waals surface area contributed by atoms with Gasteiger partial charge in [0, 0.05) is 30.9 Å². The summed E-state index contributed by atoms with van der Waals surface area (Å²) in [6.45, 7) is 0.998. The number of nitrogens with one attached hydrogen (secondary N) is 1. The van der Waals surface area contributed by atoms with Crippen LogP contribution in [0.4, 0.5) is 11.5 Å². The third-order valence-corrected chi connectivity index (χ3v) is 6.17. The average Bonchev–Trinajstić information content (AvgIpc) is 2.81. The molecule has 3 aromatic rings. The average molecular weight is 382 g/mol. The Morgan fingerprint density at radius 3 is 2.78 bits per heavy atom. The highest BCUT2D eigenvalue weighted by molar-refractivity contribution is 7.90. The second kappa shape index (κ2) is 6.81. The first-order chi connectivity index (χ1) is 12.9. The Morgan fingerprint density at radius 1 is 1.15 bits per heavy atom. The third-order valence-electron chi connectivity index (χ3n) is 5.06. The van der Waals surface area contributed by atoms with E-state index in [2.05, 4.69) is 45.4 Å². The number of anilines is 2. The molecule has 2 aromatic carbocycles. The molecular weight excluding hydrogens is 360 g/mol. The molecule has 6 nitrogen and oxygen atoms in total. The maximum Gasteiger partial charge on any atom is 0.175 e. The molecule has 1 N–H and O–H groups in total. The van der Waals surface area contributed by atoms with Crippen LogP contribution in [-0.4, -0.2) is 38.2 Å².